The number of aliphatic hydroxyl groups excluding tert-OH is 1. The first-order chi connectivity index (χ1) is 34.3. The summed E-state index contributed by atoms with van der Waals surface area (Å²) in [6, 6.07) is 30.6. The second-order valence-corrected chi connectivity index (χ2v) is 18.2. The molecular weight excluding hydrogens is 907 g/mol. The molecule has 0 radical (unpaired) electrons. The second kappa shape index (κ2) is 20.4. The third kappa shape index (κ3) is 9.96. The lowest BCUT2D eigenvalue weighted by Gasteiger charge is -2.44. The van der Waals surface area contributed by atoms with Crippen molar-refractivity contribution < 1.29 is 39.0 Å². The van der Waals surface area contributed by atoms with Crippen LogP contribution in [0.5, 0.6) is 0 Å². The van der Waals surface area contributed by atoms with Gasteiger partial charge in [0, 0.05) is 42.1 Å². The van der Waals surface area contributed by atoms with Crippen molar-refractivity contribution in [2.75, 3.05) is 13.2 Å². The molecule has 4 heterocycles. The number of carbonyl (C=O) groups excluding carboxylic acids is 5. The third-order valence-corrected chi connectivity index (χ3v) is 13.6. The Morgan fingerprint density at radius 2 is 1.55 bits per heavy atom. The molecule has 2 fully saturated rings. The predicted molar refractivity (Wildman–Crippen MR) is 263 cm³/mol. The topological polar surface area (TPSA) is 257 Å². The van der Waals surface area contributed by atoms with Crippen LogP contribution in [0.25, 0.3) is 49.7 Å². The minimum Gasteiger partial charge on any atom is -0.481 e. The van der Waals surface area contributed by atoms with Gasteiger partial charge < -0.3 is 36.4 Å². The minimum atomic E-state index is -1.44. The van der Waals surface area contributed by atoms with Crippen molar-refractivity contribution in [3.63, 3.8) is 0 Å². The van der Waals surface area contributed by atoms with Crippen LogP contribution in [0.1, 0.15) is 63.0 Å². The fourth-order valence-electron chi connectivity index (χ4n) is 9.73. The average Bonchev–Trinajstić information content (AvgIpc) is 4.03. The summed E-state index contributed by atoms with van der Waals surface area (Å²) < 4.78 is 1.45. The fraction of sp³-hybridized carbons (Fsp3) is 0.302. The molecule has 1 aliphatic heterocycles. The van der Waals surface area contributed by atoms with E-state index in [4.69, 9.17) is 10.1 Å². The maximum Gasteiger partial charge on any atom is 0.347 e. The normalized spacial score (nSPS) is 16.4. The number of carboxylic acid groups (broad SMARTS) is 1. The van der Waals surface area contributed by atoms with E-state index < -0.39 is 84.7 Å². The number of nitrogens with one attached hydrogen (secondary N) is 5. The zero-order valence-corrected chi connectivity index (χ0v) is 38.9. The van der Waals surface area contributed by atoms with Gasteiger partial charge in [0.25, 0.3) is 0 Å². The standard InChI is InChI=1S/C53H53N9O9/c1-31(54-48(67)42(30-63)55-44(64)21-22-45(65)66)51(70)61-26-8-16-43(61)50(69)57-41(28-35-14-7-13-32-12-5-6-15-37(32)35)49(68)58-53(24-9-25-53)36-19-17-34(18-20-36)46-38(33-10-3-2-4-11-33)29-39-40(56-46)23-27-62-47(39)59-60-52(62)71/h2-7,10-15,17-20,23,27,29,31,41-43,63H,8-9,16,21-22,24-26,28,30H2,1H3,(H,54,67)(H,55,64)(H,57,69)(H,58,68)(H,60,71)(H,65,66)/t31-,41+,42+,43+/m1/s1. The zero-order chi connectivity index (χ0) is 49.8. The number of aromatic amines is 1. The van der Waals surface area contributed by atoms with Crippen LogP contribution in [0.2, 0.25) is 0 Å². The van der Waals surface area contributed by atoms with Gasteiger partial charge in [0.2, 0.25) is 29.5 Å². The van der Waals surface area contributed by atoms with Gasteiger partial charge in [0.1, 0.15) is 24.2 Å². The first kappa shape index (κ1) is 47.8. The highest BCUT2D eigenvalue weighted by Crippen LogP contribution is 2.43. The van der Waals surface area contributed by atoms with E-state index in [1.165, 1.54) is 16.2 Å². The lowest BCUT2D eigenvalue weighted by Crippen LogP contribution is -2.60. The van der Waals surface area contributed by atoms with E-state index in [0.29, 0.717) is 42.2 Å². The Morgan fingerprint density at radius 3 is 2.28 bits per heavy atom. The molecule has 4 atom stereocenters. The summed E-state index contributed by atoms with van der Waals surface area (Å²) in [5.74, 6) is -4.31. The highest BCUT2D eigenvalue weighted by molar-refractivity contribution is 5.99. The molecule has 1 saturated carbocycles. The van der Waals surface area contributed by atoms with Crippen molar-refractivity contribution in [2.24, 2.45) is 0 Å². The number of H-pyrrole nitrogens is 1. The van der Waals surface area contributed by atoms with Gasteiger partial charge in [0.05, 0.1) is 29.8 Å². The number of likely N-dealkylation sites (tertiary alicyclic amines) is 1. The van der Waals surface area contributed by atoms with E-state index in [1.54, 1.807) is 12.3 Å². The number of aliphatic carboxylic acids is 1. The highest BCUT2D eigenvalue weighted by Gasteiger charge is 2.43. The number of carboxylic acids is 1. The van der Waals surface area contributed by atoms with E-state index in [-0.39, 0.29) is 18.7 Å². The highest BCUT2D eigenvalue weighted by atomic mass is 16.4. The van der Waals surface area contributed by atoms with E-state index in [0.717, 1.165) is 50.7 Å². The Hall–Kier alpha value is -8.25. The number of fused-ring (bicyclic) bond motifs is 4. The lowest BCUT2D eigenvalue weighted by molar-refractivity contribution is -0.142. The summed E-state index contributed by atoms with van der Waals surface area (Å²) in [6.45, 7) is 0.842. The Kier molecular flexibility index (Phi) is 13.7. The summed E-state index contributed by atoms with van der Waals surface area (Å²) in [7, 11) is 0. The number of pyridine rings is 2. The molecule has 1 aliphatic carbocycles. The molecule has 7 N–H and O–H groups in total. The van der Waals surface area contributed by atoms with Gasteiger partial charge in [-0.15, -0.1) is 0 Å². The molecule has 0 unspecified atom stereocenters. The molecule has 0 bridgehead atoms. The van der Waals surface area contributed by atoms with Gasteiger partial charge in [-0.1, -0.05) is 97.1 Å². The van der Waals surface area contributed by atoms with Crippen molar-refractivity contribution in [1.82, 2.24) is 45.7 Å². The Balaban J connectivity index is 0.954. The minimum absolute atomic E-state index is 0.150. The number of amides is 5. The van der Waals surface area contributed by atoms with E-state index >= 15 is 0 Å². The number of aromatic nitrogens is 4. The van der Waals surface area contributed by atoms with Crippen LogP contribution in [-0.4, -0.2) is 108 Å². The molecule has 0 spiro atoms. The number of carbonyl (C=O) groups is 6. The van der Waals surface area contributed by atoms with Gasteiger partial charge in [-0.2, -0.15) is 5.10 Å². The Labute approximate surface area is 406 Å². The SMILES string of the molecule is C[C@@H](NC(=O)[C@H](CO)NC(=O)CCC(=O)O)C(=O)N1CCC[C@H]1C(=O)N[C@@H](Cc1cccc2ccccc12)C(=O)NC1(c2ccc(-c3nc4ccn5c(=O)[nH]nc5c4cc3-c3ccccc3)cc2)CCC1. The number of nitrogens with zero attached hydrogens (tertiary/aromatic N) is 4. The predicted octanol–water partition coefficient (Wildman–Crippen LogP) is 4.12. The molecule has 18 heteroatoms. The third-order valence-electron chi connectivity index (χ3n) is 13.6. The lowest BCUT2D eigenvalue weighted by atomic mass is 9.71. The molecule has 71 heavy (non-hydrogen) atoms. The van der Waals surface area contributed by atoms with Crippen molar-refractivity contribution in [3.05, 3.63) is 137 Å². The average molecular weight is 960 g/mol. The monoisotopic (exact) mass is 959 g/mol. The van der Waals surface area contributed by atoms with Crippen LogP contribution in [-0.2, 0) is 40.7 Å². The Bertz CT molecular complexity index is 3240. The van der Waals surface area contributed by atoms with Crippen LogP contribution in [0.3, 0.4) is 0 Å². The summed E-state index contributed by atoms with van der Waals surface area (Å²) >= 11 is 0. The summed E-state index contributed by atoms with van der Waals surface area (Å²) in [4.78, 5) is 98.2. The van der Waals surface area contributed by atoms with Gasteiger partial charge >= 0.3 is 11.7 Å². The van der Waals surface area contributed by atoms with Crippen LogP contribution < -0.4 is 27.0 Å². The fourth-order valence-corrected chi connectivity index (χ4v) is 9.73. The summed E-state index contributed by atoms with van der Waals surface area (Å²) in [5.41, 5.74) is 5.14. The summed E-state index contributed by atoms with van der Waals surface area (Å²) in [6.07, 6.45) is 3.90. The number of benzene rings is 4. The van der Waals surface area contributed by atoms with Crippen LogP contribution in [0.4, 0.5) is 0 Å². The molecule has 4 aromatic carbocycles. The zero-order valence-electron chi connectivity index (χ0n) is 38.9. The van der Waals surface area contributed by atoms with E-state index in [2.05, 4.69) is 31.5 Å². The molecule has 18 nitrogen and oxygen atoms in total. The van der Waals surface area contributed by atoms with Crippen molar-refractivity contribution in [2.45, 2.75) is 88.0 Å². The van der Waals surface area contributed by atoms with E-state index in [1.807, 2.05) is 103 Å². The van der Waals surface area contributed by atoms with Gasteiger partial charge in [-0.3, -0.25) is 28.8 Å². The Morgan fingerprint density at radius 1 is 0.803 bits per heavy atom. The largest absolute Gasteiger partial charge is 0.481 e. The smallest absolute Gasteiger partial charge is 0.347 e. The quantitative estimate of drug-likeness (QED) is 0.0684. The van der Waals surface area contributed by atoms with Crippen LogP contribution in [0, 0.1) is 0 Å². The van der Waals surface area contributed by atoms with Crippen LogP contribution >= 0.6 is 0 Å². The maximum absolute atomic E-state index is 14.8. The van der Waals surface area contributed by atoms with Crippen molar-refractivity contribution in [3.8, 4) is 22.4 Å². The number of hydrogen-bond donors (Lipinski definition) is 7. The molecule has 3 aromatic heterocycles. The number of aliphatic hydroxyl groups is 1. The summed E-state index contributed by atoms with van der Waals surface area (Å²) in [5, 5.41) is 39.3. The first-order valence-electron chi connectivity index (χ1n) is 23.7. The molecule has 5 amide bonds. The van der Waals surface area contributed by atoms with Gasteiger partial charge in [-0.25, -0.2) is 19.3 Å². The van der Waals surface area contributed by atoms with Crippen LogP contribution in [0.15, 0.2) is 120 Å². The molecule has 364 valence electrons. The molecular formula is C53H53N9O9. The molecule has 1 saturated heterocycles. The van der Waals surface area contributed by atoms with Gasteiger partial charge in [0.15, 0.2) is 5.65 Å². The molecule has 9 rings (SSSR count). The number of hydrogen-bond acceptors (Lipinski definition) is 10. The molecule has 2 aliphatic rings. The molecule has 7 aromatic rings. The number of rotatable bonds is 17. The van der Waals surface area contributed by atoms with Gasteiger partial charge in [-0.05, 0) is 78.6 Å². The maximum atomic E-state index is 14.8. The second-order valence-electron chi connectivity index (χ2n) is 18.2. The van der Waals surface area contributed by atoms with Crippen molar-refractivity contribution >= 4 is 62.8 Å². The van der Waals surface area contributed by atoms with Crippen molar-refractivity contribution in [1.29, 1.82) is 0 Å². The van der Waals surface area contributed by atoms with E-state index in [9.17, 15) is 38.7 Å². The first-order valence-corrected chi connectivity index (χ1v) is 23.7.